The summed E-state index contributed by atoms with van der Waals surface area (Å²) < 4.78 is 11.4. The molecular formula is C20H12Cl2N8O5. The number of aromatic amines is 2. The van der Waals surface area contributed by atoms with Crippen LogP contribution < -0.4 is 26.3 Å². The molecule has 0 bridgehead atoms. The number of H-pyrrole nitrogens is 2. The highest BCUT2D eigenvalue weighted by Crippen LogP contribution is 2.37. The van der Waals surface area contributed by atoms with E-state index in [0.29, 0.717) is 11.6 Å². The maximum atomic E-state index is 12.2. The second-order valence-electron chi connectivity index (χ2n) is 6.78. The first-order chi connectivity index (χ1) is 16.8. The average Bonchev–Trinajstić information content (AvgIpc) is 2.84. The molecule has 176 valence electrons. The van der Waals surface area contributed by atoms with Gasteiger partial charge in [0.2, 0.25) is 17.5 Å². The predicted molar refractivity (Wildman–Crippen MR) is 122 cm³/mol. The third kappa shape index (κ3) is 5.03. The number of nitrogens with one attached hydrogen (secondary N) is 2. The number of aromatic nitrogens is 7. The van der Waals surface area contributed by atoms with Gasteiger partial charge in [0.25, 0.3) is 11.1 Å². The van der Waals surface area contributed by atoms with Gasteiger partial charge in [-0.1, -0.05) is 23.2 Å². The fraction of sp³-hybridized carbons (Fsp3) is 0.100. The van der Waals surface area contributed by atoms with Crippen LogP contribution in [-0.2, 0) is 6.42 Å². The monoisotopic (exact) mass is 514 g/mol. The quantitative estimate of drug-likeness (QED) is 0.380. The molecule has 13 nitrogen and oxygen atoms in total. The van der Waals surface area contributed by atoms with Crippen LogP contribution >= 0.6 is 23.2 Å². The van der Waals surface area contributed by atoms with Crippen molar-refractivity contribution in [1.29, 1.82) is 5.26 Å². The molecule has 15 heteroatoms. The van der Waals surface area contributed by atoms with Gasteiger partial charge >= 0.3 is 5.69 Å². The summed E-state index contributed by atoms with van der Waals surface area (Å²) in [6, 6.07) is 8.81. The molecule has 0 atom stereocenters. The van der Waals surface area contributed by atoms with Crippen molar-refractivity contribution in [2.45, 2.75) is 6.42 Å². The number of benzene rings is 1. The normalized spacial score (nSPS) is 10.6. The van der Waals surface area contributed by atoms with Gasteiger partial charge in [-0.2, -0.15) is 15.0 Å². The first-order valence-electron chi connectivity index (χ1n) is 9.55. The number of hydrogen-bond acceptors (Lipinski definition) is 10. The van der Waals surface area contributed by atoms with Crippen molar-refractivity contribution in [2.75, 3.05) is 7.11 Å². The lowest BCUT2D eigenvalue weighted by Gasteiger charge is -2.12. The molecule has 4 aromatic rings. The minimum absolute atomic E-state index is 0.0233. The molecule has 0 amide bonds. The molecule has 1 aromatic carbocycles. The third-order valence-electron chi connectivity index (χ3n) is 4.50. The Kier molecular flexibility index (Phi) is 6.58. The molecule has 4 rings (SSSR count). The Bertz CT molecular complexity index is 1620. The summed E-state index contributed by atoms with van der Waals surface area (Å²) in [6.07, 6.45) is 0.133. The van der Waals surface area contributed by atoms with Crippen LogP contribution in [0.3, 0.4) is 0 Å². The SMILES string of the molecule is COc1ccc(Cc2cc(Oc3c(Cl)cc(-n4nc(C#N)c(=O)[nH]c4=O)cc3Cl)n[nH]c2=O)nn1. The van der Waals surface area contributed by atoms with Gasteiger partial charge in [0.05, 0.1) is 28.5 Å². The van der Waals surface area contributed by atoms with Crippen molar-refractivity contribution < 1.29 is 9.47 Å². The van der Waals surface area contributed by atoms with Crippen LogP contribution in [0.5, 0.6) is 17.5 Å². The third-order valence-corrected chi connectivity index (χ3v) is 5.06. The summed E-state index contributed by atoms with van der Waals surface area (Å²) in [4.78, 5) is 37.9. The van der Waals surface area contributed by atoms with Crippen LogP contribution in [0.15, 0.2) is 44.7 Å². The van der Waals surface area contributed by atoms with Crippen LogP contribution in [0, 0.1) is 11.3 Å². The Morgan fingerprint density at radius 3 is 2.43 bits per heavy atom. The van der Waals surface area contributed by atoms with Crippen LogP contribution in [0.2, 0.25) is 10.0 Å². The number of halogens is 2. The zero-order chi connectivity index (χ0) is 25.1. The first kappa shape index (κ1) is 23.6. The van der Waals surface area contributed by atoms with E-state index in [1.165, 1.54) is 25.3 Å². The lowest BCUT2D eigenvalue weighted by molar-refractivity contribution is 0.391. The van der Waals surface area contributed by atoms with Crippen LogP contribution in [-0.4, -0.2) is 42.3 Å². The highest BCUT2D eigenvalue weighted by Gasteiger charge is 2.16. The molecule has 3 aromatic heterocycles. The number of methoxy groups -OCH3 is 1. The second-order valence-corrected chi connectivity index (χ2v) is 7.59. The highest BCUT2D eigenvalue weighted by atomic mass is 35.5. The number of nitriles is 1. The summed E-state index contributed by atoms with van der Waals surface area (Å²) in [5, 5.41) is 26.6. The Hall–Kier alpha value is -4.54. The molecule has 0 fully saturated rings. The summed E-state index contributed by atoms with van der Waals surface area (Å²) in [5.41, 5.74) is -1.95. The van der Waals surface area contributed by atoms with Crippen LogP contribution in [0.1, 0.15) is 17.0 Å². The summed E-state index contributed by atoms with van der Waals surface area (Å²) in [5.74, 6) is 0.283. The van der Waals surface area contributed by atoms with Gasteiger partial charge in [-0.3, -0.25) is 14.6 Å². The van der Waals surface area contributed by atoms with Gasteiger partial charge in [0.15, 0.2) is 5.75 Å². The first-order valence-corrected chi connectivity index (χ1v) is 10.3. The molecule has 0 saturated carbocycles. The van der Waals surface area contributed by atoms with Crippen molar-refractivity contribution in [3.05, 3.63) is 88.5 Å². The average molecular weight is 515 g/mol. The van der Waals surface area contributed by atoms with Gasteiger partial charge in [0.1, 0.15) is 6.07 Å². The summed E-state index contributed by atoms with van der Waals surface area (Å²) in [7, 11) is 1.46. The molecule has 3 heterocycles. The molecule has 0 radical (unpaired) electrons. The predicted octanol–water partition coefficient (Wildman–Crippen LogP) is 1.36. The zero-order valence-corrected chi connectivity index (χ0v) is 19.1. The minimum atomic E-state index is -0.925. The largest absolute Gasteiger partial charge is 0.480 e. The molecule has 0 spiro atoms. The van der Waals surface area contributed by atoms with Crippen molar-refractivity contribution in [1.82, 2.24) is 35.2 Å². The fourth-order valence-corrected chi connectivity index (χ4v) is 3.43. The minimum Gasteiger partial charge on any atom is -0.480 e. The number of rotatable bonds is 6. The second kappa shape index (κ2) is 9.75. The maximum Gasteiger partial charge on any atom is 0.349 e. The van der Waals surface area contributed by atoms with E-state index in [1.54, 1.807) is 18.2 Å². The van der Waals surface area contributed by atoms with Gasteiger partial charge in [-0.15, -0.1) is 15.3 Å². The summed E-state index contributed by atoms with van der Waals surface area (Å²) in [6.45, 7) is 0. The molecular weight excluding hydrogens is 503 g/mol. The molecule has 2 N–H and O–H groups in total. The van der Waals surface area contributed by atoms with Crippen LogP contribution in [0.25, 0.3) is 5.69 Å². The van der Waals surface area contributed by atoms with E-state index in [2.05, 4.69) is 25.5 Å². The zero-order valence-electron chi connectivity index (χ0n) is 17.6. The molecule has 0 saturated heterocycles. The van der Waals surface area contributed by atoms with Gasteiger partial charge in [-0.25, -0.2) is 9.89 Å². The lowest BCUT2D eigenvalue weighted by atomic mass is 10.1. The highest BCUT2D eigenvalue weighted by molar-refractivity contribution is 6.37. The van der Waals surface area contributed by atoms with Gasteiger partial charge in [-0.05, 0) is 18.2 Å². The van der Waals surface area contributed by atoms with E-state index in [1.807, 2.05) is 4.98 Å². The Morgan fingerprint density at radius 2 is 1.80 bits per heavy atom. The molecule has 0 aliphatic carbocycles. The molecule has 0 aliphatic heterocycles. The Labute approximate surface area is 204 Å². The number of hydrogen-bond donors (Lipinski definition) is 2. The maximum absolute atomic E-state index is 12.2. The van der Waals surface area contributed by atoms with E-state index >= 15 is 0 Å². The fourth-order valence-electron chi connectivity index (χ4n) is 2.87. The van der Waals surface area contributed by atoms with Crippen molar-refractivity contribution in [2.24, 2.45) is 0 Å². The van der Waals surface area contributed by atoms with Gasteiger partial charge in [0, 0.05) is 24.1 Å². The molecule has 0 unspecified atom stereocenters. The standard InChI is InChI=1S/C20H12Cl2N8O5/c1-34-15-3-2-10(25-26-15)4-9-5-16(27-28-18(9)31)35-17-12(21)6-11(7-13(17)22)30-20(33)24-19(32)14(8-23)29-30/h2-3,5-7H,4H2,1H3,(H,28,31)(H,24,32,33). The smallest absolute Gasteiger partial charge is 0.349 e. The van der Waals surface area contributed by atoms with E-state index in [4.69, 9.17) is 37.9 Å². The lowest BCUT2D eigenvalue weighted by Crippen LogP contribution is -2.33. The number of ether oxygens (including phenoxy) is 2. The Balaban J connectivity index is 1.64. The van der Waals surface area contributed by atoms with E-state index in [-0.39, 0.29) is 39.3 Å². The molecule has 0 aliphatic rings. The molecule has 35 heavy (non-hydrogen) atoms. The van der Waals surface area contributed by atoms with Crippen LogP contribution in [0.4, 0.5) is 0 Å². The summed E-state index contributed by atoms with van der Waals surface area (Å²) >= 11 is 12.6. The van der Waals surface area contributed by atoms with Crippen molar-refractivity contribution >= 4 is 23.2 Å². The van der Waals surface area contributed by atoms with E-state index in [0.717, 1.165) is 4.68 Å². The van der Waals surface area contributed by atoms with Gasteiger partial charge < -0.3 is 9.47 Å². The topological polar surface area (TPSA) is 182 Å². The number of nitrogens with zero attached hydrogens (tertiary/aromatic N) is 6. The van der Waals surface area contributed by atoms with E-state index < -0.39 is 22.5 Å². The van der Waals surface area contributed by atoms with E-state index in [9.17, 15) is 14.4 Å². The van der Waals surface area contributed by atoms with Crippen molar-refractivity contribution in [3.8, 4) is 29.3 Å². The Morgan fingerprint density at radius 1 is 1.06 bits per heavy atom. The van der Waals surface area contributed by atoms with Crippen molar-refractivity contribution in [3.63, 3.8) is 0 Å².